The predicted octanol–water partition coefficient (Wildman–Crippen LogP) is 1.42. The molecule has 130 valence electrons. The number of methoxy groups -OCH3 is 1. The lowest BCUT2D eigenvalue weighted by molar-refractivity contribution is -0.134. The number of ketones is 1. The van der Waals surface area contributed by atoms with E-state index in [1.54, 1.807) is 7.11 Å². The standard InChI is InChI=1S/C16H25NO6/c1-12(18)16(10-22-11-21-9-8-20-2)14(23-15(19)17-16)13-6-4-3-5-7-13/h4,6,13-14H,3,5,7-11H2,1-2H3,(H,17,19)/t13-,14+,16+/m1/s1. The summed E-state index contributed by atoms with van der Waals surface area (Å²) in [6.07, 6.45) is 5.89. The van der Waals surface area contributed by atoms with Gasteiger partial charge in [0.1, 0.15) is 12.9 Å². The van der Waals surface area contributed by atoms with E-state index in [4.69, 9.17) is 18.9 Å². The smallest absolute Gasteiger partial charge is 0.408 e. The van der Waals surface area contributed by atoms with E-state index in [-0.39, 0.29) is 25.1 Å². The van der Waals surface area contributed by atoms with Crippen LogP contribution in [-0.2, 0) is 23.7 Å². The molecule has 1 aliphatic carbocycles. The molecule has 0 saturated carbocycles. The van der Waals surface area contributed by atoms with Crippen LogP contribution in [0.25, 0.3) is 0 Å². The number of allylic oxidation sites excluding steroid dienone is 1. The van der Waals surface area contributed by atoms with Gasteiger partial charge in [0, 0.05) is 13.0 Å². The molecule has 0 aromatic carbocycles. The number of alkyl carbamates (subject to hydrolysis) is 1. The highest BCUT2D eigenvalue weighted by Crippen LogP contribution is 2.34. The summed E-state index contributed by atoms with van der Waals surface area (Å²) in [5.74, 6) is -0.158. The molecule has 0 unspecified atom stereocenters. The van der Waals surface area contributed by atoms with Crippen molar-refractivity contribution in [2.45, 2.75) is 37.8 Å². The Kier molecular flexibility index (Phi) is 6.56. The van der Waals surface area contributed by atoms with Crippen LogP contribution in [0.3, 0.4) is 0 Å². The van der Waals surface area contributed by atoms with Crippen LogP contribution in [0.1, 0.15) is 26.2 Å². The zero-order valence-electron chi connectivity index (χ0n) is 13.7. The van der Waals surface area contributed by atoms with Crippen LogP contribution >= 0.6 is 0 Å². The number of Topliss-reactive ketones (excluding diaryl/α,β-unsaturated/α-hetero) is 1. The van der Waals surface area contributed by atoms with Gasteiger partial charge in [-0.15, -0.1) is 0 Å². The average Bonchev–Trinajstić information content (AvgIpc) is 2.89. The summed E-state index contributed by atoms with van der Waals surface area (Å²) in [6, 6.07) is 0. The van der Waals surface area contributed by atoms with E-state index >= 15 is 0 Å². The third-order valence-electron chi connectivity index (χ3n) is 4.28. The van der Waals surface area contributed by atoms with E-state index in [9.17, 15) is 9.59 Å². The number of nitrogens with one attached hydrogen (secondary N) is 1. The van der Waals surface area contributed by atoms with Crippen molar-refractivity contribution in [1.82, 2.24) is 5.32 Å². The summed E-state index contributed by atoms with van der Waals surface area (Å²) >= 11 is 0. The number of carbonyl (C=O) groups is 2. The molecule has 2 aliphatic rings. The molecule has 0 aromatic heterocycles. The van der Waals surface area contributed by atoms with Crippen molar-refractivity contribution in [3.05, 3.63) is 12.2 Å². The summed E-state index contributed by atoms with van der Waals surface area (Å²) in [5, 5.41) is 2.67. The van der Waals surface area contributed by atoms with Gasteiger partial charge in [-0.25, -0.2) is 4.79 Å². The molecule has 1 N–H and O–H groups in total. The average molecular weight is 327 g/mol. The van der Waals surface area contributed by atoms with Crippen LogP contribution in [0.2, 0.25) is 0 Å². The Morgan fingerprint density at radius 2 is 2.26 bits per heavy atom. The molecule has 0 radical (unpaired) electrons. The van der Waals surface area contributed by atoms with E-state index in [1.165, 1.54) is 6.92 Å². The third kappa shape index (κ3) is 4.31. The fourth-order valence-corrected chi connectivity index (χ4v) is 3.01. The maximum absolute atomic E-state index is 12.3. The first-order chi connectivity index (χ1) is 11.1. The minimum Gasteiger partial charge on any atom is -0.442 e. The molecule has 1 amide bonds. The zero-order chi connectivity index (χ0) is 16.7. The maximum Gasteiger partial charge on any atom is 0.408 e. The van der Waals surface area contributed by atoms with Crippen molar-refractivity contribution in [2.75, 3.05) is 33.7 Å². The minimum atomic E-state index is -1.16. The second-order valence-corrected chi connectivity index (χ2v) is 5.87. The Morgan fingerprint density at radius 1 is 1.43 bits per heavy atom. The number of hydrogen-bond donors (Lipinski definition) is 1. The van der Waals surface area contributed by atoms with E-state index in [1.807, 2.05) is 6.08 Å². The number of carbonyl (C=O) groups excluding carboxylic acids is 2. The lowest BCUT2D eigenvalue weighted by atomic mass is 9.78. The van der Waals surface area contributed by atoms with Crippen LogP contribution < -0.4 is 5.32 Å². The second kappa shape index (κ2) is 8.42. The van der Waals surface area contributed by atoms with Crippen molar-refractivity contribution in [2.24, 2.45) is 5.92 Å². The fourth-order valence-electron chi connectivity index (χ4n) is 3.01. The highest BCUT2D eigenvalue weighted by molar-refractivity contribution is 5.93. The molecule has 1 fully saturated rings. The Morgan fingerprint density at radius 3 is 2.91 bits per heavy atom. The molecule has 1 aliphatic heterocycles. The molecule has 2 rings (SSSR count). The van der Waals surface area contributed by atoms with Crippen LogP contribution in [0, 0.1) is 5.92 Å². The first-order valence-corrected chi connectivity index (χ1v) is 7.91. The van der Waals surface area contributed by atoms with Gasteiger partial charge >= 0.3 is 6.09 Å². The van der Waals surface area contributed by atoms with Gasteiger partial charge in [0.05, 0.1) is 19.8 Å². The lowest BCUT2D eigenvalue weighted by Crippen LogP contribution is -2.59. The molecule has 1 saturated heterocycles. The first kappa shape index (κ1) is 17.9. The van der Waals surface area contributed by atoms with E-state index in [0.717, 1.165) is 19.3 Å². The van der Waals surface area contributed by atoms with E-state index in [0.29, 0.717) is 13.2 Å². The molecule has 1 heterocycles. The number of cyclic esters (lactones) is 1. The van der Waals surface area contributed by atoms with Gasteiger partial charge in [-0.2, -0.15) is 0 Å². The van der Waals surface area contributed by atoms with Crippen LogP contribution in [0.4, 0.5) is 4.79 Å². The Hall–Kier alpha value is -1.44. The lowest BCUT2D eigenvalue weighted by Gasteiger charge is -2.34. The third-order valence-corrected chi connectivity index (χ3v) is 4.28. The molecule has 7 heteroatoms. The number of rotatable bonds is 9. The van der Waals surface area contributed by atoms with E-state index < -0.39 is 17.7 Å². The van der Waals surface area contributed by atoms with Gasteiger partial charge in [0.2, 0.25) is 0 Å². The summed E-state index contributed by atoms with van der Waals surface area (Å²) in [7, 11) is 1.59. The second-order valence-electron chi connectivity index (χ2n) is 5.87. The van der Waals surface area contributed by atoms with Crippen molar-refractivity contribution < 1.29 is 28.5 Å². The molecule has 23 heavy (non-hydrogen) atoms. The minimum absolute atomic E-state index is 0.0182. The van der Waals surface area contributed by atoms with Gasteiger partial charge in [0.25, 0.3) is 0 Å². The normalized spacial score (nSPS) is 30.1. The monoisotopic (exact) mass is 327 g/mol. The van der Waals surface area contributed by atoms with Crippen molar-refractivity contribution >= 4 is 11.9 Å². The van der Waals surface area contributed by atoms with Crippen molar-refractivity contribution in [3.8, 4) is 0 Å². The van der Waals surface area contributed by atoms with Crippen LogP contribution in [0.15, 0.2) is 12.2 Å². The van der Waals surface area contributed by atoms with Crippen LogP contribution in [-0.4, -0.2) is 57.2 Å². The van der Waals surface area contributed by atoms with Gasteiger partial charge in [-0.3, -0.25) is 4.79 Å². The summed E-state index contributed by atoms with van der Waals surface area (Å²) in [5.41, 5.74) is -1.16. The molecule has 0 spiro atoms. The zero-order valence-corrected chi connectivity index (χ0v) is 13.7. The first-order valence-electron chi connectivity index (χ1n) is 7.91. The van der Waals surface area contributed by atoms with Gasteiger partial charge in [0.15, 0.2) is 11.3 Å². The number of hydrogen-bond acceptors (Lipinski definition) is 6. The molecular weight excluding hydrogens is 302 g/mol. The largest absolute Gasteiger partial charge is 0.442 e. The SMILES string of the molecule is COCCOCOC[C@@]1(C(C)=O)NC(=O)O[C@H]1[C@@H]1C=CCCC1. The Labute approximate surface area is 136 Å². The topological polar surface area (TPSA) is 83.1 Å². The maximum atomic E-state index is 12.3. The molecule has 0 bridgehead atoms. The Balaban J connectivity index is 2.00. The van der Waals surface area contributed by atoms with Gasteiger partial charge in [-0.1, -0.05) is 12.2 Å². The highest BCUT2D eigenvalue weighted by Gasteiger charge is 2.55. The summed E-state index contributed by atoms with van der Waals surface area (Å²) in [6.45, 7) is 2.37. The van der Waals surface area contributed by atoms with Crippen molar-refractivity contribution in [3.63, 3.8) is 0 Å². The highest BCUT2D eigenvalue weighted by atomic mass is 16.7. The fraction of sp³-hybridized carbons (Fsp3) is 0.750. The quantitative estimate of drug-likeness (QED) is 0.392. The Bertz CT molecular complexity index is 452. The van der Waals surface area contributed by atoms with E-state index in [2.05, 4.69) is 11.4 Å². The molecule has 7 nitrogen and oxygen atoms in total. The predicted molar refractivity (Wildman–Crippen MR) is 81.9 cm³/mol. The molecule has 3 atom stereocenters. The number of ether oxygens (including phenoxy) is 4. The molecule has 0 aromatic rings. The molecular formula is C16H25NO6. The van der Waals surface area contributed by atoms with Gasteiger partial charge in [-0.05, 0) is 26.2 Å². The van der Waals surface area contributed by atoms with Crippen molar-refractivity contribution in [1.29, 1.82) is 0 Å². The van der Waals surface area contributed by atoms with Crippen LogP contribution in [0.5, 0.6) is 0 Å². The number of amides is 1. The summed E-state index contributed by atoms with van der Waals surface area (Å²) in [4.78, 5) is 24.1. The summed E-state index contributed by atoms with van der Waals surface area (Å²) < 4.78 is 21.0. The van der Waals surface area contributed by atoms with Gasteiger partial charge < -0.3 is 24.3 Å².